The van der Waals surface area contributed by atoms with Crippen LogP contribution in [-0.4, -0.2) is 46.7 Å². The number of rotatable bonds is 2. The zero-order valence-corrected chi connectivity index (χ0v) is 18.4. The van der Waals surface area contributed by atoms with Gasteiger partial charge in [-0.3, -0.25) is 19.3 Å². The van der Waals surface area contributed by atoms with Gasteiger partial charge in [0.05, 0.1) is 11.8 Å². The molecule has 3 aliphatic carbocycles. The van der Waals surface area contributed by atoms with Crippen LogP contribution in [0.2, 0.25) is 0 Å². The molecule has 3 atom stereocenters. The molecule has 5 nitrogen and oxygen atoms in total. The topological polar surface area (TPSA) is 57.7 Å². The fraction of sp³-hybridized carbons (Fsp3) is 0.444. The minimum absolute atomic E-state index is 0.0883. The van der Waals surface area contributed by atoms with E-state index in [-0.39, 0.29) is 29.6 Å². The highest BCUT2D eigenvalue weighted by Gasteiger charge is 2.62. The predicted octanol–water partition coefficient (Wildman–Crippen LogP) is 3.67. The van der Waals surface area contributed by atoms with Gasteiger partial charge in [0.1, 0.15) is 6.04 Å². The maximum Gasteiger partial charge on any atom is 0.245 e. The molecule has 2 bridgehead atoms. The highest BCUT2D eigenvalue weighted by molar-refractivity contribution is 6.10. The molecule has 0 saturated carbocycles. The number of likely N-dealkylation sites (tertiary alicyclic amines) is 2. The Labute approximate surface area is 188 Å². The lowest BCUT2D eigenvalue weighted by Crippen LogP contribution is -2.50. The first-order valence-corrected chi connectivity index (χ1v) is 11.9. The lowest BCUT2D eigenvalue weighted by Gasteiger charge is -2.45. The van der Waals surface area contributed by atoms with Crippen LogP contribution in [0.5, 0.6) is 0 Å². The summed E-state index contributed by atoms with van der Waals surface area (Å²) in [6, 6.07) is 15.7. The monoisotopic (exact) mass is 428 g/mol. The Morgan fingerprint density at radius 2 is 1.16 bits per heavy atom. The number of carbonyl (C=O) groups is 3. The number of carbonyl (C=O) groups excluding carboxylic acids is 3. The van der Waals surface area contributed by atoms with Crippen molar-refractivity contribution in [1.29, 1.82) is 0 Å². The molecule has 2 aromatic rings. The van der Waals surface area contributed by atoms with Crippen LogP contribution in [-0.2, 0) is 14.4 Å². The summed E-state index contributed by atoms with van der Waals surface area (Å²) in [5.41, 5.74) is 4.64. The average Bonchev–Trinajstić information content (AvgIpc) is 3.00. The molecule has 3 amide bonds. The summed E-state index contributed by atoms with van der Waals surface area (Å²) in [5, 5.41) is 0. The third-order valence-corrected chi connectivity index (χ3v) is 8.14. The Morgan fingerprint density at radius 3 is 1.56 bits per heavy atom. The second-order valence-corrected chi connectivity index (χ2v) is 9.73. The molecular weight excluding hydrogens is 400 g/mol. The van der Waals surface area contributed by atoms with Gasteiger partial charge in [-0.1, -0.05) is 61.4 Å². The molecule has 2 heterocycles. The van der Waals surface area contributed by atoms with Gasteiger partial charge in [-0.25, -0.2) is 0 Å². The van der Waals surface area contributed by atoms with Gasteiger partial charge in [-0.2, -0.15) is 0 Å². The fourth-order valence-electron chi connectivity index (χ4n) is 6.75. The Hall–Kier alpha value is -2.95. The molecule has 5 heteroatoms. The first-order chi connectivity index (χ1) is 15.6. The SMILES string of the molecule is C[C@H](C(=O)N1CCCCCC1)N1C(=O)[C@@H]2C3c4ccccc4C(c4ccccc43)[C@@H]2C1=O. The van der Waals surface area contributed by atoms with Gasteiger partial charge < -0.3 is 4.90 Å². The van der Waals surface area contributed by atoms with E-state index in [1.807, 2.05) is 29.2 Å². The van der Waals surface area contributed by atoms with E-state index in [9.17, 15) is 14.4 Å². The normalized spacial score (nSPS) is 29.3. The van der Waals surface area contributed by atoms with Gasteiger partial charge in [0.2, 0.25) is 17.7 Å². The molecule has 2 aromatic carbocycles. The van der Waals surface area contributed by atoms with Crippen LogP contribution in [0.15, 0.2) is 48.5 Å². The minimum Gasteiger partial charge on any atom is -0.341 e. The smallest absolute Gasteiger partial charge is 0.245 e. The van der Waals surface area contributed by atoms with Crippen molar-refractivity contribution in [2.45, 2.75) is 50.5 Å². The van der Waals surface area contributed by atoms with Crippen molar-refractivity contribution in [3.05, 3.63) is 70.8 Å². The van der Waals surface area contributed by atoms with E-state index in [4.69, 9.17) is 0 Å². The Morgan fingerprint density at radius 1 is 0.750 bits per heavy atom. The van der Waals surface area contributed by atoms with E-state index >= 15 is 0 Å². The molecule has 7 rings (SSSR count). The van der Waals surface area contributed by atoms with Gasteiger partial charge in [0, 0.05) is 24.9 Å². The van der Waals surface area contributed by atoms with Crippen LogP contribution in [0, 0.1) is 11.8 Å². The van der Waals surface area contributed by atoms with Crippen LogP contribution in [0.25, 0.3) is 0 Å². The summed E-state index contributed by atoms with van der Waals surface area (Å²) in [4.78, 5) is 44.1. The summed E-state index contributed by atoms with van der Waals surface area (Å²) >= 11 is 0. The molecule has 164 valence electrons. The molecular formula is C27H28N2O3. The quantitative estimate of drug-likeness (QED) is 0.686. The van der Waals surface area contributed by atoms with Crippen LogP contribution in [0.4, 0.5) is 0 Å². The number of imide groups is 1. The average molecular weight is 429 g/mol. The molecule has 0 radical (unpaired) electrons. The van der Waals surface area contributed by atoms with Crippen molar-refractivity contribution in [2.75, 3.05) is 13.1 Å². The van der Waals surface area contributed by atoms with Crippen LogP contribution in [0.3, 0.4) is 0 Å². The maximum absolute atomic E-state index is 13.8. The lowest BCUT2D eigenvalue weighted by atomic mass is 9.55. The number of benzene rings is 2. The van der Waals surface area contributed by atoms with Gasteiger partial charge in [0.25, 0.3) is 0 Å². The number of hydrogen-bond donors (Lipinski definition) is 0. The van der Waals surface area contributed by atoms with Crippen LogP contribution in [0.1, 0.15) is 66.7 Å². The highest BCUT2D eigenvalue weighted by atomic mass is 16.2. The van der Waals surface area contributed by atoms with Crippen molar-refractivity contribution in [3.63, 3.8) is 0 Å². The third-order valence-electron chi connectivity index (χ3n) is 8.14. The zero-order valence-electron chi connectivity index (χ0n) is 18.4. The van der Waals surface area contributed by atoms with Crippen LogP contribution >= 0.6 is 0 Å². The molecule has 0 unspecified atom stereocenters. The van der Waals surface area contributed by atoms with E-state index in [1.54, 1.807) is 6.92 Å². The third kappa shape index (κ3) is 2.60. The molecule has 5 aliphatic rings. The number of amides is 3. The molecule has 2 fully saturated rings. The first kappa shape index (κ1) is 19.7. The zero-order chi connectivity index (χ0) is 22.0. The molecule has 0 spiro atoms. The van der Waals surface area contributed by atoms with Crippen molar-refractivity contribution >= 4 is 17.7 Å². The van der Waals surface area contributed by atoms with E-state index in [0.29, 0.717) is 13.1 Å². The largest absolute Gasteiger partial charge is 0.341 e. The van der Waals surface area contributed by atoms with Gasteiger partial charge in [0.15, 0.2) is 0 Å². The Balaban J connectivity index is 1.40. The molecule has 2 saturated heterocycles. The van der Waals surface area contributed by atoms with E-state index < -0.39 is 17.9 Å². The minimum atomic E-state index is -0.746. The summed E-state index contributed by atoms with van der Waals surface area (Å²) < 4.78 is 0. The van der Waals surface area contributed by atoms with Crippen molar-refractivity contribution in [1.82, 2.24) is 9.80 Å². The Bertz CT molecular complexity index is 1000. The summed E-state index contributed by atoms with van der Waals surface area (Å²) in [7, 11) is 0. The highest BCUT2D eigenvalue weighted by Crippen LogP contribution is 2.61. The summed E-state index contributed by atoms with van der Waals surface area (Å²) in [5.74, 6) is -1.52. The fourth-order valence-corrected chi connectivity index (χ4v) is 6.75. The van der Waals surface area contributed by atoms with E-state index in [1.165, 1.54) is 4.90 Å². The standard InChI is InChI=1S/C27H28N2O3/c1-16(25(30)28-14-8-2-3-9-15-28)29-26(31)23-21-17-10-4-5-11-18(17)22(24(23)27(29)32)20-13-7-6-12-19(20)21/h4-7,10-13,16,21-24H,2-3,8-9,14-15H2,1H3/t16-,21?,22?,23-,24+/m1/s1. The van der Waals surface area contributed by atoms with E-state index in [2.05, 4.69) is 24.3 Å². The number of nitrogens with zero attached hydrogens (tertiary/aromatic N) is 2. The maximum atomic E-state index is 13.8. The molecule has 0 N–H and O–H groups in total. The van der Waals surface area contributed by atoms with Gasteiger partial charge in [-0.05, 0) is 42.0 Å². The second kappa shape index (κ2) is 7.29. The van der Waals surface area contributed by atoms with Crippen LogP contribution < -0.4 is 0 Å². The van der Waals surface area contributed by atoms with Crippen molar-refractivity contribution < 1.29 is 14.4 Å². The molecule has 2 aliphatic heterocycles. The van der Waals surface area contributed by atoms with Crippen molar-refractivity contribution in [2.24, 2.45) is 11.8 Å². The summed E-state index contributed by atoms with van der Waals surface area (Å²) in [6.45, 7) is 3.17. The van der Waals surface area contributed by atoms with Gasteiger partial charge >= 0.3 is 0 Å². The molecule has 32 heavy (non-hydrogen) atoms. The number of hydrogen-bond acceptors (Lipinski definition) is 3. The predicted molar refractivity (Wildman–Crippen MR) is 120 cm³/mol. The van der Waals surface area contributed by atoms with Crippen molar-refractivity contribution in [3.8, 4) is 0 Å². The first-order valence-electron chi connectivity index (χ1n) is 11.9. The Kier molecular flexibility index (Phi) is 4.49. The van der Waals surface area contributed by atoms with E-state index in [0.717, 1.165) is 47.9 Å². The lowest BCUT2D eigenvalue weighted by molar-refractivity contribution is -0.151. The second-order valence-electron chi connectivity index (χ2n) is 9.73. The van der Waals surface area contributed by atoms with Gasteiger partial charge in [-0.15, -0.1) is 0 Å². The summed E-state index contributed by atoms with van der Waals surface area (Å²) in [6.07, 6.45) is 4.23. The molecule has 0 aromatic heterocycles.